The Morgan fingerprint density at radius 1 is 1.27 bits per heavy atom. The summed E-state index contributed by atoms with van der Waals surface area (Å²) in [4.78, 5) is 0. The second-order valence-corrected chi connectivity index (χ2v) is 4.16. The fourth-order valence-electron chi connectivity index (χ4n) is 1.46. The molecule has 1 unspecified atom stereocenters. The number of hydrogen-bond donors (Lipinski definition) is 1. The molecule has 3 N–H and O–H groups in total. The molecule has 1 aromatic carbocycles. The number of ether oxygens (including phenoxy) is 1. The van der Waals surface area contributed by atoms with Crippen LogP contribution in [0.4, 0.5) is 0 Å². The topological polar surface area (TPSA) is 36.9 Å². The monoisotopic (exact) mass is 208 g/mol. The molecule has 0 bridgehead atoms. The van der Waals surface area contributed by atoms with Gasteiger partial charge in [-0.1, -0.05) is 25.5 Å². The highest BCUT2D eigenvalue weighted by Gasteiger charge is 2.00. The molecule has 1 rings (SSSR count). The molecule has 84 valence electrons. The molecule has 1 aromatic rings. The lowest BCUT2D eigenvalue weighted by Crippen LogP contribution is -2.60. The standard InChI is InChI=1S/C13H21NO/c1-3-4-9-15-13-7-5-12(6-8-13)10-11(2)14/h5-8,11H,3-4,9-10,14H2,1-2H3/p+1. The van der Waals surface area contributed by atoms with Crippen LogP contribution < -0.4 is 10.5 Å². The van der Waals surface area contributed by atoms with Gasteiger partial charge >= 0.3 is 0 Å². The second kappa shape index (κ2) is 6.46. The Kier molecular flexibility index (Phi) is 5.19. The Labute approximate surface area is 92.4 Å². The van der Waals surface area contributed by atoms with Crippen LogP contribution in [0.3, 0.4) is 0 Å². The van der Waals surface area contributed by atoms with Crippen molar-refractivity contribution in [2.75, 3.05) is 6.61 Å². The molecular weight excluding hydrogens is 186 g/mol. The average Bonchev–Trinajstić information content (AvgIpc) is 2.20. The highest BCUT2D eigenvalue weighted by Crippen LogP contribution is 2.13. The first-order valence-corrected chi connectivity index (χ1v) is 5.77. The van der Waals surface area contributed by atoms with E-state index in [1.54, 1.807) is 0 Å². The molecule has 0 saturated heterocycles. The lowest BCUT2D eigenvalue weighted by Gasteiger charge is -2.07. The quantitative estimate of drug-likeness (QED) is 0.714. The number of rotatable bonds is 6. The minimum absolute atomic E-state index is 0.469. The molecule has 0 aliphatic carbocycles. The molecule has 1 atom stereocenters. The van der Waals surface area contributed by atoms with Gasteiger partial charge < -0.3 is 10.5 Å². The van der Waals surface area contributed by atoms with Crippen LogP contribution in [0.1, 0.15) is 32.3 Å². The van der Waals surface area contributed by atoms with Gasteiger partial charge in [-0.3, -0.25) is 0 Å². The highest BCUT2D eigenvalue weighted by molar-refractivity contribution is 5.27. The Morgan fingerprint density at radius 2 is 1.93 bits per heavy atom. The number of benzene rings is 1. The van der Waals surface area contributed by atoms with Gasteiger partial charge in [-0.2, -0.15) is 0 Å². The lowest BCUT2D eigenvalue weighted by atomic mass is 10.1. The maximum atomic E-state index is 5.59. The Morgan fingerprint density at radius 3 is 2.47 bits per heavy atom. The summed E-state index contributed by atoms with van der Waals surface area (Å²) >= 11 is 0. The fourth-order valence-corrected chi connectivity index (χ4v) is 1.46. The van der Waals surface area contributed by atoms with E-state index in [0.29, 0.717) is 6.04 Å². The number of quaternary nitrogens is 1. The van der Waals surface area contributed by atoms with Crippen LogP contribution in [0.2, 0.25) is 0 Å². The van der Waals surface area contributed by atoms with E-state index in [-0.39, 0.29) is 0 Å². The van der Waals surface area contributed by atoms with E-state index < -0.39 is 0 Å². The van der Waals surface area contributed by atoms with E-state index in [9.17, 15) is 0 Å². The zero-order valence-electron chi connectivity index (χ0n) is 9.83. The highest BCUT2D eigenvalue weighted by atomic mass is 16.5. The minimum Gasteiger partial charge on any atom is -0.494 e. The van der Waals surface area contributed by atoms with Gasteiger partial charge in [0.25, 0.3) is 0 Å². The van der Waals surface area contributed by atoms with Gasteiger partial charge in [0, 0.05) is 6.42 Å². The minimum atomic E-state index is 0.469. The Balaban J connectivity index is 2.42. The van der Waals surface area contributed by atoms with Crippen molar-refractivity contribution in [3.8, 4) is 5.75 Å². The van der Waals surface area contributed by atoms with E-state index in [4.69, 9.17) is 4.74 Å². The summed E-state index contributed by atoms with van der Waals surface area (Å²) in [5.74, 6) is 0.976. The van der Waals surface area contributed by atoms with Crippen LogP contribution in [0.15, 0.2) is 24.3 Å². The molecule has 0 amide bonds. The SMILES string of the molecule is CCCCOc1ccc(CC(C)[NH3+])cc1. The molecule has 0 heterocycles. The Hall–Kier alpha value is -1.02. The summed E-state index contributed by atoms with van der Waals surface area (Å²) in [6, 6.07) is 8.82. The average molecular weight is 208 g/mol. The van der Waals surface area contributed by atoms with Crippen molar-refractivity contribution in [1.29, 1.82) is 0 Å². The van der Waals surface area contributed by atoms with Crippen molar-refractivity contribution in [3.63, 3.8) is 0 Å². The van der Waals surface area contributed by atoms with Gasteiger partial charge in [-0.25, -0.2) is 0 Å². The van der Waals surface area contributed by atoms with Crippen molar-refractivity contribution in [1.82, 2.24) is 0 Å². The van der Waals surface area contributed by atoms with Crippen LogP contribution in [-0.2, 0) is 6.42 Å². The molecule has 2 nitrogen and oxygen atoms in total. The van der Waals surface area contributed by atoms with Gasteiger partial charge in [0.15, 0.2) is 0 Å². The van der Waals surface area contributed by atoms with E-state index in [1.807, 2.05) is 12.1 Å². The molecular formula is C13H22NO+. The molecule has 0 aromatic heterocycles. The smallest absolute Gasteiger partial charge is 0.119 e. The maximum Gasteiger partial charge on any atom is 0.119 e. The molecule has 0 fully saturated rings. The predicted octanol–water partition coefficient (Wildman–Crippen LogP) is 2.04. The number of unbranched alkanes of at least 4 members (excludes halogenated alkanes) is 1. The van der Waals surface area contributed by atoms with Gasteiger partial charge in [0.2, 0.25) is 0 Å². The molecule has 0 radical (unpaired) electrons. The number of hydrogen-bond acceptors (Lipinski definition) is 1. The van der Waals surface area contributed by atoms with Crippen LogP contribution >= 0.6 is 0 Å². The summed E-state index contributed by atoms with van der Waals surface area (Å²) in [5, 5.41) is 0. The summed E-state index contributed by atoms with van der Waals surface area (Å²) < 4.78 is 5.59. The van der Waals surface area contributed by atoms with Crippen LogP contribution in [0.5, 0.6) is 5.75 Å². The molecule has 0 aliphatic heterocycles. The van der Waals surface area contributed by atoms with Crippen LogP contribution in [-0.4, -0.2) is 12.6 Å². The first-order valence-electron chi connectivity index (χ1n) is 5.77. The predicted molar refractivity (Wildman–Crippen MR) is 62.9 cm³/mol. The van der Waals surface area contributed by atoms with Crippen molar-refractivity contribution in [2.24, 2.45) is 0 Å². The second-order valence-electron chi connectivity index (χ2n) is 4.16. The van der Waals surface area contributed by atoms with Crippen molar-refractivity contribution in [2.45, 2.75) is 39.2 Å². The molecule has 15 heavy (non-hydrogen) atoms. The van der Waals surface area contributed by atoms with E-state index in [1.165, 1.54) is 12.0 Å². The third kappa shape index (κ3) is 4.84. The summed E-state index contributed by atoms with van der Waals surface area (Å²) in [5.41, 5.74) is 5.32. The molecule has 0 spiro atoms. The van der Waals surface area contributed by atoms with Crippen molar-refractivity contribution in [3.05, 3.63) is 29.8 Å². The van der Waals surface area contributed by atoms with E-state index in [2.05, 4.69) is 31.7 Å². The normalized spacial score (nSPS) is 12.5. The molecule has 2 heteroatoms. The van der Waals surface area contributed by atoms with Gasteiger partial charge in [0.05, 0.1) is 12.6 Å². The van der Waals surface area contributed by atoms with Crippen molar-refractivity contribution >= 4 is 0 Å². The van der Waals surface area contributed by atoms with Crippen molar-refractivity contribution < 1.29 is 10.5 Å². The maximum absolute atomic E-state index is 5.59. The zero-order valence-corrected chi connectivity index (χ0v) is 9.83. The first-order chi connectivity index (χ1) is 7.22. The summed E-state index contributed by atoms with van der Waals surface area (Å²) in [7, 11) is 0. The third-order valence-electron chi connectivity index (χ3n) is 2.27. The Bertz CT molecular complexity index is 266. The van der Waals surface area contributed by atoms with Gasteiger partial charge in [-0.15, -0.1) is 0 Å². The fraction of sp³-hybridized carbons (Fsp3) is 0.538. The first kappa shape index (κ1) is 12.1. The van der Waals surface area contributed by atoms with Gasteiger partial charge in [0.1, 0.15) is 5.75 Å². The molecule has 0 saturated carbocycles. The van der Waals surface area contributed by atoms with E-state index >= 15 is 0 Å². The van der Waals surface area contributed by atoms with Crippen LogP contribution in [0, 0.1) is 0 Å². The summed E-state index contributed by atoms with van der Waals surface area (Å²) in [6.45, 7) is 5.12. The summed E-state index contributed by atoms with van der Waals surface area (Å²) in [6.07, 6.45) is 3.34. The van der Waals surface area contributed by atoms with E-state index in [0.717, 1.165) is 25.2 Å². The zero-order chi connectivity index (χ0) is 11.1. The third-order valence-corrected chi connectivity index (χ3v) is 2.27. The van der Waals surface area contributed by atoms with Gasteiger partial charge in [-0.05, 0) is 31.0 Å². The largest absolute Gasteiger partial charge is 0.494 e. The van der Waals surface area contributed by atoms with Crippen LogP contribution in [0.25, 0.3) is 0 Å². The molecule has 0 aliphatic rings. The lowest BCUT2D eigenvalue weighted by molar-refractivity contribution is -0.413.